The first kappa shape index (κ1) is 11.1. The summed E-state index contributed by atoms with van der Waals surface area (Å²) in [5.41, 5.74) is 3.34. The zero-order valence-electron chi connectivity index (χ0n) is 9.83. The van der Waals surface area contributed by atoms with Gasteiger partial charge in [0.25, 0.3) is 0 Å². The van der Waals surface area contributed by atoms with E-state index < -0.39 is 0 Å². The van der Waals surface area contributed by atoms with Crippen LogP contribution in [0.4, 0.5) is 0 Å². The summed E-state index contributed by atoms with van der Waals surface area (Å²) in [6, 6.07) is 7.81. The minimum absolute atomic E-state index is 0.164. The van der Waals surface area contributed by atoms with Crippen LogP contribution in [0.15, 0.2) is 35.9 Å². The second-order valence-electron chi connectivity index (χ2n) is 4.59. The number of ketones is 1. The lowest BCUT2D eigenvalue weighted by molar-refractivity contribution is 0.104. The first-order valence-corrected chi connectivity index (χ1v) is 6.06. The van der Waals surface area contributed by atoms with Crippen molar-refractivity contribution in [2.45, 2.75) is 39.0 Å². The third-order valence-corrected chi connectivity index (χ3v) is 3.17. The van der Waals surface area contributed by atoms with Gasteiger partial charge in [0.05, 0.1) is 0 Å². The lowest BCUT2D eigenvalue weighted by atomic mass is 9.93. The number of allylic oxidation sites excluding steroid dienone is 2. The van der Waals surface area contributed by atoms with Crippen LogP contribution >= 0.6 is 0 Å². The van der Waals surface area contributed by atoms with Gasteiger partial charge in [0.2, 0.25) is 0 Å². The molecule has 1 aliphatic rings. The molecule has 0 saturated heterocycles. The van der Waals surface area contributed by atoms with Crippen LogP contribution in [0.2, 0.25) is 0 Å². The standard InChI is InChI=1S/C15H18O/c1-12-7-9-14(10-8-12)15(16)11-13-5-3-2-4-6-13/h7-11H,2-6H2,1H3. The molecule has 1 aliphatic carbocycles. The maximum atomic E-state index is 11.9. The van der Waals surface area contributed by atoms with Crippen molar-refractivity contribution in [1.82, 2.24) is 0 Å². The molecule has 0 aromatic heterocycles. The minimum Gasteiger partial charge on any atom is -0.289 e. The largest absolute Gasteiger partial charge is 0.289 e. The summed E-state index contributed by atoms with van der Waals surface area (Å²) in [6.07, 6.45) is 7.87. The smallest absolute Gasteiger partial charge is 0.185 e. The minimum atomic E-state index is 0.164. The molecule has 1 heteroatoms. The first-order valence-electron chi connectivity index (χ1n) is 6.06. The monoisotopic (exact) mass is 214 g/mol. The molecular weight excluding hydrogens is 196 g/mol. The summed E-state index contributed by atoms with van der Waals surface area (Å²) in [6.45, 7) is 2.04. The Morgan fingerprint density at radius 1 is 1.06 bits per heavy atom. The van der Waals surface area contributed by atoms with E-state index in [9.17, 15) is 4.79 Å². The van der Waals surface area contributed by atoms with Gasteiger partial charge in [-0.3, -0.25) is 4.79 Å². The number of rotatable bonds is 2. The van der Waals surface area contributed by atoms with E-state index in [0.29, 0.717) is 0 Å². The fraction of sp³-hybridized carbons (Fsp3) is 0.400. The second-order valence-corrected chi connectivity index (χ2v) is 4.59. The van der Waals surface area contributed by atoms with Gasteiger partial charge in [0.15, 0.2) is 5.78 Å². The number of carbonyl (C=O) groups excluding carboxylic acids is 1. The van der Waals surface area contributed by atoms with Crippen LogP contribution < -0.4 is 0 Å². The van der Waals surface area contributed by atoms with Crippen molar-refractivity contribution >= 4 is 5.78 Å². The molecule has 0 radical (unpaired) electrons. The topological polar surface area (TPSA) is 17.1 Å². The van der Waals surface area contributed by atoms with Crippen LogP contribution in [0.3, 0.4) is 0 Å². The molecule has 0 heterocycles. The Hall–Kier alpha value is -1.37. The predicted octanol–water partition coefficient (Wildman–Crippen LogP) is 4.07. The molecule has 1 saturated carbocycles. The average Bonchev–Trinajstić information content (AvgIpc) is 2.31. The predicted molar refractivity (Wildman–Crippen MR) is 66.7 cm³/mol. The van der Waals surface area contributed by atoms with Gasteiger partial charge >= 0.3 is 0 Å². The van der Waals surface area contributed by atoms with Crippen molar-refractivity contribution in [2.24, 2.45) is 0 Å². The van der Waals surface area contributed by atoms with Crippen LogP contribution in [0.5, 0.6) is 0 Å². The third kappa shape index (κ3) is 2.82. The number of aryl methyl sites for hydroxylation is 1. The van der Waals surface area contributed by atoms with E-state index >= 15 is 0 Å². The van der Waals surface area contributed by atoms with E-state index in [1.54, 1.807) is 0 Å². The van der Waals surface area contributed by atoms with Gasteiger partial charge in [-0.05, 0) is 38.7 Å². The average molecular weight is 214 g/mol. The molecule has 0 aliphatic heterocycles. The molecule has 1 aromatic carbocycles. The van der Waals surface area contributed by atoms with Gasteiger partial charge < -0.3 is 0 Å². The molecule has 84 valence electrons. The number of benzene rings is 1. The molecule has 1 nitrogen and oxygen atoms in total. The molecule has 16 heavy (non-hydrogen) atoms. The van der Waals surface area contributed by atoms with E-state index in [1.165, 1.54) is 30.4 Å². The van der Waals surface area contributed by atoms with E-state index in [2.05, 4.69) is 0 Å². The van der Waals surface area contributed by atoms with Crippen molar-refractivity contribution in [3.8, 4) is 0 Å². The molecule has 0 unspecified atom stereocenters. The Labute approximate surface area is 97.2 Å². The highest BCUT2D eigenvalue weighted by Gasteiger charge is 2.08. The van der Waals surface area contributed by atoms with Gasteiger partial charge in [-0.25, -0.2) is 0 Å². The Kier molecular flexibility index (Phi) is 3.55. The highest BCUT2D eigenvalue weighted by Crippen LogP contribution is 2.23. The Morgan fingerprint density at radius 3 is 2.31 bits per heavy atom. The van der Waals surface area contributed by atoms with Gasteiger partial charge in [-0.1, -0.05) is 41.8 Å². The van der Waals surface area contributed by atoms with Crippen molar-refractivity contribution in [1.29, 1.82) is 0 Å². The van der Waals surface area contributed by atoms with Crippen molar-refractivity contribution in [2.75, 3.05) is 0 Å². The van der Waals surface area contributed by atoms with Gasteiger partial charge in [0.1, 0.15) is 0 Å². The van der Waals surface area contributed by atoms with Crippen LogP contribution in [0.25, 0.3) is 0 Å². The quantitative estimate of drug-likeness (QED) is 0.536. The van der Waals surface area contributed by atoms with Gasteiger partial charge in [-0.2, -0.15) is 0 Å². The Balaban J connectivity index is 2.09. The lowest BCUT2D eigenvalue weighted by Crippen LogP contribution is -2.00. The molecule has 0 spiro atoms. The molecule has 1 aromatic rings. The van der Waals surface area contributed by atoms with Crippen molar-refractivity contribution in [3.05, 3.63) is 47.0 Å². The highest BCUT2D eigenvalue weighted by atomic mass is 16.1. The number of hydrogen-bond acceptors (Lipinski definition) is 1. The Bertz CT molecular complexity index is 390. The summed E-state index contributed by atoms with van der Waals surface area (Å²) in [5, 5.41) is 0. The maximum absolute atomic E-state index is 11.9. The van der Waals surface area contributed by atoms with Gasteiger partial charge in [0, 0.05) is 5.56 Å². The van der Waals surface area contributed by atoms with E-state index in [4.69, 9.17) is 0 Å². The molecule has 0 amide bonds. The zero-order chi connectivity index (χ0) is 11.4. The van der Waals surface area contributed by atoms with E-state index in [0.717, 1.165) is 18.4 Å². The molecule has 2 rings (SSSR count). The molecule has 0 N–H and O–H groups in total. The normalized spacial score (nSPS) is 15.9. The van der Waals surface area contributed by atoms with Crippen LogP contribution in [-0.4, -0.2) is 5.78 Å². The summed E-state index contributed by atoms with van der Waals surface area (Å²) < 4.78 is 0. The van der Waals surface area contributed by atoms with Crippen LogP contribution in [0, 0.1) is 6.92 Å². The number of hydrogen-bond donors (Lipinski definition) is 0. The summed E-state index contributed by atoms with van der Waals surface area (Å²) in [7, 11) is 0. The maximum Gasteiger partial charge on any atom is 0.185 e. The van der Waals surface area contributed by atoms with Crippen molar-refractivity contribution < 1.29 is 4.79 Å². The molecule has 0 bridgehead atoms. The summed E-state index contributed by atoms with van der Waals surface area (Å²) >= 11 is 0. The number of carbonyl (C=O) groups is 1. The van der Waals surface area contributed by atoms with Gasteiger partial charge in [-0.15, -0.1) is 0 Å². The highest BCUT2D eigenvalue weighted by molar-refractivity contribution is 6.04. The van der Waals surface area contributed by atoms with E-state index in [1.807, 2.05) is 37.3 Å². The van der Waals surface area contributed by atoms with Crippen molar-refractivity contribution in [3.63, 3.8) is 0 Å². The fourth-order valence-corrected chi connectivity index (χ4v) is 2.14. The molecular formula is C15H18O. The van der Waals surface area contributed by atoms with Crippen LogP contribution in [0.1, 0.15) is 48.0 Å². The lowest BCUT2D eigenvalue weighted by Gasteiger charge is -2.12. The van der Waals surface area contributed by atoms with E-state index in [-0.39, 0.29) is 5.78 Å². The molecule has 0 atom stereocenters. The first-order chi connectivity index (χ1) is 7.75. The summed E-state index contributed by atoms with van der Waals surface area (Å²) in [5.74, 6) is 0.164. The fourth-order valence-electron chi connectivity index (χ4n) is 2.14. The van der Waals surface area contributed by atoms with Crippen LogP contribution in [-0.2, 0) is 0 Å². The Morgan fingerprint density at radius 2 is 1.69 bits per heavy atom. The second kappa shape index (κ2) is 5.11. The summed E-state index contributed by atoms with van der Waals surface area (Å²) in [4.78, 5) is 11.9. The SMILES string of the molecule is Cc1ccc(C(=O)C=C2CCCCC2)cc1. The zero-order valence-corrected chi connectivity index (χ0v) is 9.83. The third-order valence-electron chi connectivity index (χ3n) is 3.17. The molecule has 1 fully saturated rings.